The number of ether oxygens (including phenoxy) is 1. The van der Waals surface area contributed by atoms with Gasteiger partial charge in [-0.25, -0.2) is 0 Å². The summed E-state index contributed by atoms with van der Waals surface area (Å²) in [5.41, 5.74) is -0.764. The number of piperazine rings is 1. The van der Waals surface area contributed by atoms with Gasteiger partial charge < -0.3 is 9.64 Å². The van der Waals surface area contributed by atoms with Crippen LogP contribution in [0.2, 0.25) is 0 Å². The first-order chi connectivity index (χ1) is 20.0. The van der Waals surface area contributed by atoms with E-state index >= 15 is 0 Å². The highest BCUT2D eigenvalue weighted by Gasteiger charge is 2.39. The Balaban J connectivity index is 1.55. The Hall–Kier alpha value is -3.12. The van der Waals surface area contributed by atoms with Crippen molar-refractivity contribution < 1.29 is 35.9 Å². The average molecular weight is 613 g/mol. The zero-order chi connectivity index (χ0) is 31.6. The molecule has 2 saturated heterocycles. The molecule has 2 aromatic rings. The van der Waals surface area contributed by atoms with Gasteiger partial charge in [-0.2, -0.15) is 31.4 Å². The standard InChI is InChI=1S/C31H38F6N4O2/c1-21-6-7-23(14-22(21)2)15-27-19-39(9-5-8-38-41-12-13-43-20-29(41,3)4)10-11-40(27)28(42)24-16-25(30(32,33)34)18-26(17-24)31(35,36)37/h6-8,14,16-18,27H,5,9-13,15,19-20H2,1-4H3/t27-/m1/s1. The molecule has 1 amide bonds. The van der Waals surface area contributed by atoms with Crippen molar-refractivity contribution in [1.29, 1.82) is 0 Å². The van der Waals surface area contributed by atoms with Crippen LogP contribution in [0.4, 0.5) is 26.3 Å². The minimum Gasteiger partial charge on any atom is -0.377 e. The topological polar surface area (TPSA) is 48.4 Å². The van der Waals surface area contributed by atoms with Crippen LogP contribution in [0.5, 0.6) is 0 Å². The molecule has 12 heteroatoms. The summed E-state index contributed by atoms with van der Waals surface area (Å²) in [6.45, 7) is 11.6. The molecule has 2 aliphatic rings. The van der Waals surface area contributed by atoms with Crippen LogP contribution in [-0.2, 0) is 23.5 Å². The zero-order valence-corrected chi connectivity index (χ0v) is 24.9. The van der Waals surface area contributed by atoms with Gasteiger partial charge in [-0.3, -0.25) is 14.7 Å². The fourth-order valence-electron chi connectivity index (χ4n) is 5.47. The average Bonchev–Trinajstić information content (AvgIpc) is 2.92. The molecule has 2 heterocycles. The largest absolute Gasteiger partial charge is 0.416 e. The summed E-state index contributed by atoms with van der Waals surface area (Å²) in [5.74, 6) is -0.846. The van der Waals surface area contributed by atoms with Gasteiger partial charge in [-0.1, -0.05) is 18.2 Å². The molecule has 0 unspecified atom stereocenters. The summed E-state index contributed by atoms with van der Waals surface area (Å²) >= 11 is 0. The SMILES string of the molecule is Cc1ccc(C[C@@H]2CN(CCC=NN3CCOCC3(C)C)CCN2C(=O)c2cc(C(F)(F)F)cc(C(F)(F)F)c2)cc1C. The van der Waals surface area contributed by atoms with Gasteiger partial charge in [0.2, 0.25) is 0 Å². The van der Waals surface area contributed by atoms with E-state index in [1.807, 2.05) is 43.3 Å². The van der Waals surface area contributed by atoms with Crippen LogP contribution in [-0.4, -0.2) is 84.4 Å². The Morgan fingerprint density at radius 3 is 2.26 bits per heavy atom. The van der Waals surface area contributed by atoms with Crippen molar-refractivity contribution in [3.05, 3.63) is 69.8 Å². The van der Waals surface area contributed by atoms with E-state index < -0.39 is 41.0 Å². The van der Waals surface area contributed by atoms with Crippen LogP contribution < -0.4 is 0 Å². The number of aryl methyl sites for hydroxylation is 2. The lowest BCUT2D eigenvalue weighted by Crippen LogP contribution is -2.56. The molecule has 236 valence electrons. The molecule has 0 saturated carbocycles. The number of hydrazone groups is 1. The number of rotatable bonds is 7. The van der Waals surface area contributed by atoms with Crippen LogP contribution in [0.15, 0.2) is 41.5 Å². The molecule has 1 atom stereocenters. The first-order valence-electron chi connectivity index (χ1n) is 14.3. The third kappa shape index (κ3) is 8.29. The van der Waals surface area contributed by atoms with Crippen molar-refractivity contribution in [3.8, 4) is 0 Å². The van der Waals surface area contributed by atoms with Gasteiger partial charge in [0.15, 0.2) is 0 Å². The molecule has 0 radical (unpaired) electrons. The van der Waals surface area contributed by atoms with Crippen LogP contribution in [0.3, 0.4) is 0 Å². The molecule has 0 aliphatic carbocycles. The molecular weight excluding hydrogens is 574 g/mol. The van der Waals surface area contributed by atoms with Crippen LogP contribution in [0.1, 0.15) is 58.4 Å². The Morgan fingerprint density at radius 1 is 0.977 bits per heavy atom. The fraction of sp³-hybridized carbons (Fsp3) is 0.548. The molecule has 2 fully saturated rings. The van der Waals surface area contributed by atoms with Crippen molar-refractivity contribution in [1.82, 2.24) is 14.8 Å². The van der Waals surface area contributed by atoms with E-state index in [-0.39, 0.29) is 18.2 Å². The highest BCUT2D eigenvalue weighted by molar-refractivity contribution is 5.95. The Labute approximate surface area is 248 Å². The molecule has 0 spiro atoms. The molecule has 0 N–H and O–H groups in total. The van der Waals surface area contributed by atoms with E-state index in [1.165, 1.54) is 4.90 Å². The fourth-order valence-corrected chi connectivity index (χ4v) is 5.47. The van der Waals surface area contributed by atoms with Crippen molar-refractivity contribution >= 4 is 12.1 Å². The Morgan fingerprint density at radius 2 is 1.65 bits per heavy atom. The van der Waals surface area contributed by atoms with Gasteiger partial charge in [0, 0.05) is 44.0 Å². The van der Waals surface area contributed by atoms with Crippen molar-refractivity contribution in [3.63, 3.8) is 0 Å². The number of carbonyl (C=O) groups excluding carboxylic acids is 1. The first-order valence-corrected chi connectivity index (χ1v) is 14.3. The molecular formula is C31H38F6N4O2. The summed E-state index contributed by atoms with van der Waals surface area (Å²) < 4.78 is 86.6. The Kier molecular flexibility index (Phi) is 9.80. The number of halogens is 6. The molecule has 0 bridgehead atoms. The van der Waals surface area contributed by atoms with Gasteiger partial charge in [-0.05, 0) is 75.4 Å². The van der Waals surface area contributed by atoms with E-state index in [2.05, 4.69) is 23.8 Å². The third-order valence-corrected chi connectivity index (χ3v) is 8.10. The first kappa shape index (κ1) is 32.8. The number of alkyl halides is 6. The number of carbonyl (C=O) groups is 1. The van der Waals surface area contributed by atoms with E-state index in [0.717, 1.165) is 16.7 Å². The maximum absolute atomic E-state index is 13.6. The monoisotopic (exact) mass is 612 g/mol. The predicted molar refractivity (Wildman–Crippen MR) is 152 cm³/mol. The summed E-state index contributed by atoms with van der Waals surface area (Å²) in [6, 6.07) is 6.51. The zero-order valence-electron chi connectivity index (χ0n) is 24.9. The van der Waals surface area contributed by atoms with Gasteiger partial charge in [0.05, 0.1) is 36.4 Å². The number of nitrogens with zero attached hydrogens (tertiary/aromatic N) is 4. The lowest BCUT2D eigenvalue weighted by molar-refractivity contribution is -0.143. The van der Waals surface area contributed by atoms with E-state index in [9.17, 15) is 31.1 Å². The van der Waals surface area contributed by atoms with Gasteiger partial charge >= 0.3 is 12.4 Å². The van der Waals surface area contributed by atoms with Crippen LogP contribution in [0.25, 0.3) is 0 Å². The highest BCUT2D eigenvalue weighted by atomic mass is 19.4. The quantitative estimate of drug-likeness (QED) is 0.276. The molecule has 6 nitrogen and oxygen atoms in total. The minimum atomic E-state index is -5.04. The number of hydrogen-bond acceptors (Lipinski definition) is 5. The summed E-state index contributed by atoms with van der Waals surface area (Å²) in [4.78, 5) is 17.2. The number of benzene rings is 2. The smallest absolute Gasteiger partial charge is 0.377 e. The van der Waals surface area contributed by atoms with Crippen LogP contribution >= 0.6 is 0 Å². The lowest BCUT2D eigenvalue weighted by Gasteiger charge is -2.42. The Bertz CT molecular complexity index is 1290. The second-order valence-corrected chi connectivity index (χ2v) is 11.9. The normalized spacial score (nSPS) is 20.2. The molecule has 2 aromatic carbocycles. The van der Waals surface area contributed by atoms with Gasteiger partial charge in [0.1, 0.15) is 0 Å². The summed E-state index contributed by atoms with van der Waals surface area (Å²) in [7, 11) is 0. The summed E-state index contributed by atoms with van der Waals surface area (Å²) in [5, 5.41) is 6.62. The van der Waals surface area contributed by atoms with Crippen molar-refractivity contribution in [2.45, 2.75) is 64.5 Å². The van der Waals surface area contributed by atoms with Crippen LogP contribution in [0, 0.1) is 13.8 Å². The second-order valence-electron chi connectivity index (χ2n) is 11.9. The predicted octanol–water partition coefficient (Wildman–Crippen LogP) is 6.20. The number of hydrogen-bond donors (Lipinski definition) is 0. The van der Waals surface area contributed by atoms with Crippen molar-refractivity contribution in [2.24, 2.45) is 5.10 Å². The lowest BCUT2D eigenvalue weighted by atomic mass is 9.97. The summed E-state index contributed by atoms with van der Waals surface area (Å²) in [6.07, 6.45) is -7.17. The maximum atomic E-state index is 13.6. The van der Waals surface area contributed by atoms with E-state index in [0.29, 0.717) is 64.4 Å². The molecule has 43 heavy (non-hydrogen) atoms. The highest BCUT2D eigenvalue weighted by Crippen LogP contribution is 2.37. The van der Waals surface area contributed by atoms with E-state index in [4.69, 9.17) is 4.74 Å². The number of amides is 1. The second kappa shape index (κ2) is 12.9. The molecule has 0 aromatic heterocycles. The number of morpholine rings is 1. The van der Waals surface area contributed by atoms with E-state index in [1.54, 1.807) is 0 Å². The maximum Gasteiger partial charge on any atom is 0.416 e. The molecule has 4 rings (SSSR count). The minimum absolute atomic E-state index is 0.0425. The van der Waals surface area contributed by atoms with Gasteiger partial charge in [-0.15, -0.1) is 0 Å². The van der Waals surface area contributed by atoms with Crippen molar-refractivity contribution in [2.75, 3.05) is 45.9 Å². The van der Waals surface area contributed by atoms with Gasteiger partial charge in [0.25, 0.3) is 5.91 Å². The third-order valence-electron chi connectivity index (χ3n) is 8.10. The molecule has 2 aliphatic heterocycles.